The predicted octanol–water partition coefficient (Wildman–Crippen LogP) is 18.5. The predicted molar refractivity (Wildman–Crippen MR) is 334 cm³/mol. The Hall–Kier alpha value is -9.12. The molecule has 4 heteroatoms. The Bertz CT molecular complexity index is 3750. The van der Waals surface area contributed by atoms with Crippen molar-refractivity contribution in [3.63, 3.8) is 0 Å². The fraction of sp³-hybridized carbons (Fsp3) is 0.108. The van der Waals surface area contributed by atoms with Crippen LogP contribution in [0.2, 0.25) is 0 Å². The minimum atomic E-state index is -0.104. The highest BCUT2D eigenvalue weighted by molar-refractivity contribution is 7.00. The van der Waals surface area contributed by atoms with Crippen molar-refractivity contribution in [2.45, 2.75) is 52.4 Å². The quantitative estimate of drug-likeness (QED) is 0.133. The summed E-state index contributed by atoms with van der Waals surface area (Å²) in [5.74, 6) is 0. The van der Waals surface area contributed by atoms with Crippen LogP contribution in [0.15, 0.2) is 267 Å². The van der Waals surface area contributed by atoms with Gasteiger partial charge in [-0.2, -0.15) is 0 Å². The van der Waals surface area contributed by atoms with Gasteiger partial charge in [0.05, 0.1) is 5.69 Å². The fourth-order valence-corrected chi connectivity index (χ4v) is 11.9. The summed E-state index contributed by atoms with van der Waals surface area (Å²) in [4.78, 5) is 7.66. The molecule has 11 aromatic carbocycles. The summed E-state index contributed by atoms with van der Waals surface area (Å²) in [6.45, 7) is 13.8. The summed E-state index contributed by atoms with van der Waals surface area (Å²) in [7, 11) is 0. The molecule has 0 unspecified atom stereocenters. The Labute approximate surface area is 461 Å². The van der Waals surface area contributed by atoms with Crippen molar-refractivity contribution in [1.29, 1.82) is 0 Å². The van der Waals surface area contributed by atoms with E-state index in [0.29, 0.717) is 0 Å². The molecule has 3 nitrogen and oxygen atoms in total. The first kappa shape index (κ1) is 48.5. The number of anilines is 9. The number of fused-ring (bicyclic) bond motifs is 4. The minimum absolute atomic E-state index is 0.0779. The Kier molecular flexibility index (Phi) is 12.1. The van der Waals surface area contributed by atoms with E-state index in [1.165, 1.54) is 72.0 Å². The van der Waals surface area contributed by atoms with Gasteiger partial charge in [-0.3, -0.25) is 0 Å². The van der Waals surface area contributed by atoms with Gasteiger partial charge in [0.1, 0.15) is 0 Å². The van der Waals surface area contributed by atoms with Crippen LogP contribution in [0, 0.1) is 0 Å². The third kappa shape index (κ3) is 8.87. The lowest BCUT2D eigenvalue weighted by atomic mass is 9.33. The van der Waals surface area contributed by atoms with Crippen molar-refractivity contribution in [3.8, 4) is 44.5 Å². The third-order valence-corrected chi connectivity index (χ3v) is 15.9. The number of benzene rings is 11. The largest absolute Gasteiger partial charge is 0.311 e. The van der Waals surface area contributed by atoms with E-state index in [2.05, 4.69) is 323 Å². The van der Waals surface area contributed by atoms with Crippen molar-refractivity contribution >= 4 is 74.3 Å². The number of rotatable bonds is 9. The van der Waals surface area contributed by atoms with Gasteiger partial charge < -0.3 is 14.7 Å². The Morgan fingerprint density at radius 2 is 0.628 bits per heavy atom. The van der Waals surface area contributed by atoms with Crippen LogP contribution in [-0.2, 0) is 10.8 Å². The molecule has 0 radical (unpaired) electrons. The van der Waals surface area contributed by atoms with Crippen LogP contribution in [0.3, 0.4) is 0 Å². The zero-order valence-corrected chi connectivity index (χ0v) is 45.3. The molecule has 0 spiro atoms. The van der Waals surface area contributed by atoms with Crippen molar-refractivity contribution in [2.75, 3.05) is 14.7 Å². The van der Waals surface area contributed by atoms with E-state index in [1.54, 1.807) is 0 Å². The van der Waals surface area contributed by atoms with Gasteiger partial charge in [0.15, 0.2) is 0 Å². The van der Waals surface area contributed by atoms with Gasteiger partial charge in [-0.25, -0.2) is 0 Å². The molecule has 0 N–H and O–H groups in total. The maximum atomic E-state index is 2.57. The SMILES string of the molecule is CC(C)(C)c1cccc(N(c2cccc(C(C)(C)C)c2)c2cc3c4c(c2)N(c2cccc(-c5ccccc5)c2)c2cc(-c5ccccc5)ccc2B4c2ccc(-c4ccccc4)cc2N3c2cccc(-c3ccccc3)c2)c1. The molecule has 0 aromatic heterocycles. The second-order valence-corrected chi connectivity index (χ2v) is 23.0. The van der Waals surface area contributed by atoms with Gasteiger partial charge in [0, 0.05) is 45.5 Å². The summed E-state index contributed by atoms with van der Waals surface area (Å²) >= 11 is 0. The molecule has 0 saturated heterocycles. The molecule has 0 aliphatic carbocycles. The fourth-order valence-electron chi connectivity index (χ4n) is 11.9. The van der Waals surface area contributed by atoms with Crippen LogP contribution in [0.1, 0.15) is 52.7 Å². The molecular weight excluding hydrogens is 942 g/mol. The highest BCUT2D eigenvalue weighted by Crippen LogP contribution is 2.50. The van der Waals surface area contributed by atoms with E-state index >= 15 is 0 Å². The standard InChI is InChI=1S/C74H62BN3/c1-73(2,3)59-33-21-37-63(47-59)76(64-38-22-34-60(48-64)74(4,5)6)65-49-70-72-71(50-65)78(62-36-20-32-56(44-62)52-25-13-8-14-26-52)69-46-58(54-29-17-10-18-30-54)40-42-67(69)75(72)66-41-39-57(53-27-15-9-16-28-53)45-68(66)77(70)61-35-19-31-55(43-61)51-23-11-7-12-24-51/h7-50H,1-6H3. The smallest absolute Gasteiger partial charge is 0.252 e. The lowest BCUT2D eigenvalue weighted by molar-refractivity contribution is 0.590. The first-order valence-electron chi connectivity index (χ1n) is 27.4. The monoisotopic (exact) mass is 1000 g/mol. The molecule has 78 heavy (non-hydrogen) atoms. The van der Waals surface area contributed by atoms with Gasteiger partial charge in [0.2, 0.25) is 0 Å². The highest BCUT2D eigenvalue weighted by atomic mass is 15.2. The van der Waals surface area contributed by atoms with Crippen molar-refractivity contribution in [3.05, 3.63) is 278 Å². The maximum absolute atomic E-state index is 2.57. The second kappa shape index (κ2) is 19.5. The molecule has 0 atom stereocenters. The summed E-state index contributed by atoms with van der Waals surface area (Å²) in [5, 5.41) is 0. The second-order valence-electron chi connectivity index (χ2n) is 23.0. The molecule has 0 saturated carbocycles. The van der Waals surface area contributed by atoms with Gasteiger partial charge in [-0.05, 0) is 156 Å². The van der Waals surface area contributed by atoms with E-state index in [0.717, 1.165) is 51.2 Å². The molecule has 376 valence electrons. The number of nitrogens with zero attached hydrogens (tertiary/aromatic N) is 3. The average Bonchev–Trinajstić information content (AvgIpc) is 3.66. The lowest BCUT2D eigenvalue weighted by Gasteiger charge is -2.45. The summed E-state index contributed by atoms with van der Waals surface area (Å²) in [6.07, 6.45) is 0. The van der Waals surface area contributed by atoms with Crippen LogP contribution in [0.25, 0.3) is 44.5 Å². The van der Waals surface area contributed by atoms with Crippen LogP contribution in [0.5, 0.6) is 0 Å². The van der Waals surface area contributed by atoms with Gasteiger partial charge in [0.25, 0.3) is 6.71 Å². The topological polar surface area (TPSA) is 9.72 Å². The van der Waals surface area contributed by atoms with Gasteiger partial charge in [-0.15, -0.1) is 0 Å². The summed E-state index contributed by atoms with van der Waals surface area (Å²) in [6, 6.07) is 99.4. The average molecular weight is 1000 g/mol. The van der Waals surface area contributed by atoms with Crippen LogP contribution in [-0.4, -0.2) is 6.71 Å². The van der Waals surface area contributed by atoms with Crippen molar-refractivity contribution in [1.82, 2.24) is 0 Å². The third-order valence-electron chi connectivity index (χ3n) is 15.9. The first-order chi connectivity index (χ1) is 37.9. The van der Waals surface area contributed by atoms with Crippen molar-refractivity contribution in [2.24, 2.45) is 0 Å². The molecule has 13 rings (SSSR count). The van der Waals surface area contributed by atoms with Gasteiger partial charge >= 0.3 is 0 Å². The molecule has 0 bridgehead atoms. The Morgan fingerprint density at radius 3 is 1.00 bits per heavy atom. The summed E-state index contributed by atoms with van der Waals surface area (Å²) < 4.78 is 0. The maximum Gasteiger partial charge on any atom is 0.252 e. The Morgan fingerprint density at radius 1 is 0.282 bits per heavy atom. The van der Waals surface area contributed by atoms with Crippen LogP contribution >= 0.6 is 0 Å². The summed E-state index contributed by atoms with van der Waals surface area (Å²) in [5.41, 5.74) is 25.7. The van der Waals surface area contributed by atoms with E-state index < -0.39 is 0 Å². The van der Waals surface area contributed by atoms with Crippen LogP contribution < -0.4 is 31.1 Å². The molecule has 0 amide bonds. The molecular formula is C74H62BN3. The molecule has 2 heterocycles. The highest BCUT2D eigenvalue weighted by Gasteiger charge is 2.44. The molecule has 2 aliphatic rings. The first-order valence-corrected chi connectivity index (χ1v) is 27.4. The van der Waals surface area contributed by atoms with E-state index in [9.17, 15) is 0 Å². The molecule has 0 fully saturated rings. The zero-order chi connectivity index (χ0) is 53.1. The molecule has 11 aromatic rings. The lowest BCUT2D eigenvalue weighted by Crippen LogP contribution is -2.61. The zero-order valence-electron chi connectivity index (χ0n) is 45.3. The van der Waals surface area contributed by atoms with Crippen molar-refractivity contribution < 1.29 is 0 Å². The minimum Gasteiger partial charge on any atom is -0.311 e. The van der Waals surface area contributed by atoms with E-state index in [-0.39, 0.29) is 17.5 Å². The normalized spacial score (nSPS) is 12.7. The number of hydrogen-bond donors (Lipinski definition) is 0. The van der Waals surface area contributed by atoms with Gasteiger partial charge in [-0.1, -0.05) is 236 Å². The van der Waals surface area contributed by atoms with E-state index in [4.69, 9.17) is 0 Å². The number of hydrogen-bond acceptors (Lipinski definition) is 3. The van der Waals surface area contributed by atoms with Crippen LogP contribution in [0.4, 0.5) is 51.2 Å². The Balaban J connectivity index is 1.17. The molecule has 2 aliphatic heterocycles. The van der Waals surface area contributed by atoms with E-state index in [1.807, 2.05) is 0 Å².